The first-order valence-electron chi connectivity index (χ1n) is 9.29. The van der Waals surface area contributed by atoms with E-state index in [1.54, 1.807) is 12.1 Å². The van der Waals surface area contributed by atoms with Crippen molar-refractivity contribution in [1.29, 1.82) is 0 Å². The number of halogens is 2. The Balaban J connectivity index is 1.64. The number of alkyl halides is 2. The summed E-state index contributed by atoms with van der Waals surface area (Å²) in [5, 5.41) is 3.47. The van der Waals surface area contributed by atoms with E-state index in [1.807, 2.05) is 12.1 Å². The molecule has 1 heterocycles. The summed E-state index contributed by atoms with van der Waals surface area (Å²) in [6, 6.07) is 15.9. The molecule has 0 amide bonds. The molecule has 27 heavy (non-hydrogen) atoms. The van der Waals surface area contributed by atoms with Crippen molar-refractivity contribution in [1.82, 2.24) is 10.2 Å². The first kappa shape index (κ1) is 19.6. The molecule has 3 rings (SSSR count). The van der Waals surface area contributed by atoms with E-state index in [1.165, 1.54) is 25.5 Å². The van der Waals surface area contributed by atoms with Crippen molar-refractivity contribution >= 4 is 0 Å². The first-order valence-corrected chi connectivity index (χ1v) is 9.29. The van der Waals surface area contributed by atoms with Gasteiger partial charge in [0.1, 0.15) is 0 Å². The Hall–Kier alpha value is -2.18. The highest BCUT2D eigenvalue weighted by atomic mass is 19.3. The molecule has 1 unspecified atom stereocenters. The Morgan fingerprint density at radius 3 is 2.44 bits per heavy atom. The van der Waals surface area contributed by atoms with E-state index >= 15 is 0 Å². The van der Waals surface area contributed by atoms with E-state index in [4.69, 9.17) is 4.74 Å². The van der Waals surface area contributed by atoms with Gasteiger partial charge < -0.3 is 14.8 Å². The van der Waals surface area contributed by atoms with Crippen LogP contribution in [-0.2, 0) is 6.54 Å². The number of nitrogens with zero attached hydrogens (tertiary/aromatic N) is 1. The van der Waals surface area contributed by atoms with Crippen molar-refractivity contribution in [3.05, 3.63) is 59.7 Å². The van der Waals surface area contributed by atoms with E-state index in [0.29, 0.717) is 18.3 Å². The number of hydrogen-bond donors (Lipinski definition) is 1. The summed E-state index contributed by atoms with van der Waals surface area (Å²) >= 11 is 0. The van der Waals surface area contributed by atoms with Crippen LogP contribution in [0.1, 0.15) is 30.0 Å². The molecular weight excluding hydrogens is 350 g/mol. The first-order chi connectivity index (χ1) is 13.2. The van der Waals surface area contributed by atoms with Crippen molar-refractivity contribution in [2.75, 3.05) is 26.7 Å². The van der Waals surface area contributed by atoms with Crippen molar-refractivity contribution < 1.29 is 18.3 Å². The monoisotopic (exact) mass is 376 g/mol. The maximum absolute atomic E-state index is 12.6. The van der Waals surface area contributed by atoms with Gasteiger partial charge in [-0.3, -0.25) is 4.90 Å². The Bertz CT molecular complexity index is 707. The standard InChI is InChI=1S/C21H26F2N2O2/c1-26-19-10-9-16(13-20(19)27-21(22)23)14-24-15-18(25-11-5-6-12-25)17-7-3-2-4-8-17/h2-4,7-10,13,18,21,24H,5-6,11-12,14-15H2,1H3. The normalized spacial score (nSPS) is 15.9. The molecule has 0 aromatic heterocycles. The minimum absolute atomic E-state index is 0.0611. The maximum atomic E-state index is 12.6. The van der Waals surface area contributed by atoms with Gasteiger partial charge in [0.2, 0.25) is 0 Å². The van der Waals surface area contributed by atoms with E-state index in [-0.39, 0.29) is 5.75 Å². The van der Waals surface area contributed by atoms with Gasteiger partial charge in [0.25, 0.3) is 0 Å². The molecule has 1 atom stereocenters. The Labute approximate surface area is 159 Å². The number of benzene rings is 2. The summed E-state index contributed by atoms with van der Waals surface area (Å²) in [7, 11) is 1.44. The number of rotatable bonds is 9. The summed E-state index contributed by atoms with van der Waals surface area (Å²) in [4.78, 5) is 2.50. The van der Waals surface area contributed by atoms with Crippen LogP contribution in [-0.4, -0.2) is 38.3 Å². The lowest BCUT2D eigenvalue weighted by Crippen LogP contribution is -2.34. The van der Waals surface area contributed by atoms with Gasteiger partial charge in [-0.15, -0.1) is 0 Å². The second-order valence-electron chi connectivity index (χ2n) is 6.66. The van der Waals surface area contributed by atoms with Crippen LogP contribution < -0.4 is 14.8 Å². The molecule has 146 valence electrons. The molecule has 2 aromatic rings. The van der Waals surface area contributed by atoms with Crippen molar-refractivity contribution in [3.8, 4) is 11.5 Å². The molecule has 0 bridgehead atoms. The fourth-order valence-electron chi connectivity index (χ4n) is 3.56. The average molecular weight is 376 g/mol. The Kier molecular flexibility index (Phi) is 7.01. The lowest BCUT2D eigenvalue weighted by atomic mass is 10.1. The van der Waals surface area contributed by atoms with Crippen LogP contribution in [0.25, 0.3) is 0 Å². The number of methoxy groups -OCH3 is 1. The third kappa shape index (κ3) is 5.40. The van der Waals surface area contributed by atoms with Gasteiger partial charge in [-0.05, 0) is 49.2 Å². The molecule has 0 spiro atoms. The second kappa shape index (κ2) is 9.67. The predicted octanol–water partition coefficient (Wildman–Crippen LogP) is 4.22. The topological polar surface area (TPSA) is 33.7 Å². The van der Waals surface area contributed by atoms with Crippen molar-refractivity contribution in [2.45, 2.75) is 32.0 Å². The molecule has 0 aliphatic carbocycles. The Morgan fingerprint density at radius 1 is 1.04 bits per heavy atom. The fraction of sp³-hybridized carbons (Fsp3) is 0.429. The van der Waals surface area contributed by atoms with Crippen LogP contribution in [0.4, 0.5) is 8.78 Å². The maximum Gasteiger partial charge on any atom is 0.387 e. The molecule has 1 N–H and O–H groups in total. The summed E-state index contributed by atoms with van der Waals surface area (Å²) < 4.78 is 34.8. The zero-order chi connectivity index (χ0) is 19.1. The quantitative estimate of drug-likeness (QED) is 0.710. The van der Waals surface area contributed by atoms with Crippen molar-refractivity contribution in [3.63, 3.8) is 0 Å². The summed E-state index contributed by atoms with van der Waals surface area (Å²) in [5.74, 6) is 0.365. The molecule has 1 aliphatic rings. The van der Waals surface area contributed by atoms with Gasteiger partial charge in [-0.1, -0.05) is 36.4 Å². The predicted molar refractivity (Wildman–Crippen MR) is 101 cm³/mol. The van der Waals surface area contributed by atoms with Crippen LogP contribution in [0, 0.1) is 0 Å². The van der Waals surface area contributed by atoms with E-state index in [0.717, 1.165) is 25.2 Å². The molecule has 0 radical (unpaired) electrons. The SMILES string of the molecule is COc1ccc(CNCC(c2ccccc2)N2CCCC2)cc1OC(F)F. The van der Waals surface area contributed by atoms with E-state index in [9.17, 15) is 8.78 Å². The van der Waals surface area contributed by atoms with Crippen molar-refractivity contribution in [2.24, 2.45) is 0 Å². The van der Waals surface area contributed by atoms with Gasteiger partial charge in [-0.25, -0.2) is 0 Å². The van der Waals surface area contributed by atoms with Gasteiger partial charge in [-0.2, -0.15) is 8.78 Å². The second-order valence-corrected chi connectivity index (χ2v) is 6.66. The number of hydrogen-bond acceptors (Lipinski definition) is 4. The van der Waals surface area contributed by atoms with Gasteiger partial charge in [0.15, 0.2) is 11.5 Å². The van der Waals surface area contributed by atoms with Gasteiger partial charge in [0.05, 0.1) is 7.11 Å². The summed E-state index contributed by atoms with van der Waals surface area (Å²) in [6.45, 7) is 0.702. The van der Waals surface area contributed by atoms with Gasteiger partial charge in [0, 0.05) is 19.1 Å². The molecule has 6 heteroatoms. The Morgan fingerprint density at radius 2 is 1.78 bits per heavy atom. The summed E-state index contributed by atoms with van der Waals surface area (Å²) in [5.41, 5.74) is 2.17. The molecule has 2 aromatic carbocycles. The highest BCUT2D eigenvalue weighted by Gasteiger charge is 2.23. The fourth-order valence-corrected chi connectivity index (χ4v) is 3.56. The smallest absolute Gasteiger partial charge is 0.387 e. The van der Waals surface area contributed by atoms with Crippen LogP contribution in [0.3, 0.4) is 0 Å². The summed E-state index contributed by atoms with van der Waals surface area (Å²) in [6.07, 6.45) is 2.46. The minimum Gasteiger partial charge on any atom is -0.493 e. The highest BCUT2D eigenvalue weighted by Crippen LogP contribution is 2.30. The number of ether oxygens (including phenoxy) is 2. The molecule has 4 nitrogen and oxygen atoms in total. The highest BCUT2D eigenvalue weighted by molar-refractivity contribution is 5.43. The number of nitrogens with one attached hydrogen (secondary N) is 1. The molecule has 1 saturated heterocycles. The third-order valence-corrected chi connectivity index (χ3v) is 4.88. The van der Waals surface area contributed by atoms with Crippen LogP contribution in [0.2, 0.25) is 0 Å². The zero-order valence-corrected chi connectivity index (χ0v) is 15.5. The lowest BCUT2D eigenvalue weighted by Gasteiger charge is -2.28. The molecule has 1 aliphatic heterocycles. The minimum atomic E-state index is -2.88. The van der Waals surface area contributed by atoms with E-state index < -0.39 is 6.61 Å². The van der Waals surface area contributed by atoms with Crippen LogP contribution in [0.5, 0.6) is 11.5 Å². The molecular formula is C21H26F2N2O2. The lowest BCUT2D eigenvalue weighted by molar-refractivity contribution is -0.0512. The zero-order valence-electron chi connectivity index (χ0n) is 15.5. The van der Waals surface area contributed by atoms with Gasteiger partial charge >= 0.3 is 6.61 Å². The molecule has 0 saturated carbocycles. The largest absolute Gasteiger partial charge is 0.493 e. The molecule has 1 fully saturated rings. The average Bonchev–Trinajstić information content (AvgIpc) is 3.20. The van der Waals surface area contributed by atoms with Crippen LogP contribution >= 0.6 is 0 Å². The van der Waals surface area contributed by atoms with E-state index in [2.05, 4.69) is 39.2 Å². The number of likely N-dealkylation sites (tertiary alicyclic amines) is 1. The van der Waals surface area contributed by atoms with Crippen LogP contribution in [0.15, 0.2) is 48.5 Å². The third-order valence-electron chi connectivity index (χ3n) is 4.88.